The van der Waals surface area contributed by atoms with E-state index in [0.29, 0.717) is 17.8 Å². The molecule has 1 saturated heterocycles. The number of rotatable bonds is 7. The molecule has 6 heteroatoms. The Morgan fingerprint density at radius 3 is 2.75 bits per heavy atom. The number of amides is 2. The molecular formula is C18H24N2O4. The predicted octanol–water partition coefficient (Wildman–Crippen LogP) is 2.29. The van der Waals surface area contributed by atoms with Gasteiger partial charge in [-0.1, -0.05) is 31.5 Å². The minimum absolute atomic E-state index is 0.00919. The summed E-state index contributed by atoms with van der Waals surface area (Å²) in [6.07, 6.45) is 1.96. The van der Waals surface area contributed by atoms with Crippen molar-refractivity contribution >= 4 is 23.5 Å². The van der Waals surface area contributed by atoms with E-state index < -0.39 is 11.9 Å². The van der Waals surface area contributed by atoms with Crippen molar-refractivity contribution in [2.45, 2.75) is 45.6 Å². The molecular weight excluding hydrogens is 308 g/mol. The molecule has 1 aromatic rings. The van der Waals surface area contributed by atoms with Crippen molar-refractivity contribution in [3.05, 3.63) is 29.8 Å². The molecule has 0 spiro atoms. The van der Waals surface area contributed by atoms with Gasteiger partial charge in [0.25, 0.3) is 0 Å². The molecule has 0 aliphatic carbocycles. The molecule has 1 fully saturated rings. The topological polar surface area (TPSA) is 86.7 Å². The van der Waals surface area contributed by atoms with Gasteiger partial charge in [0.05, 0.1) is 12.3 Å². The first-order valence-electron chi connectivity index (χ1n) is 8.32. The van der Waals surface area contributed by atoms with E-state index in [2.05, 4.69) is 12.2 Å². The van der Waals surface area contributed by atoms with Crippen LogP contribution in [-0.4, -0.2) is 40.4 Å². The molecule has 1 aliphatic rings. The largest absolute Gasteiger partial charge is 0.481 e. The zero-order valence-corrected chi connectivity index (χ0v) is 14.1. The summed E-state index contributed by atoms with van der Waals surface area (Å²) < 4.78 is 0. The molecule has 0 radical (unpaired) electrons. The normalized spacial score (nSPS) is 18.5. The number of carboxylic acids is 1. The molecule has 2 N–H and O–H groups in total. The van der Waals surface area contributed by atoms with Crippen molar-refractivity contribution in [1.29, 1.82) is 0 Å². The number of carboxylic acid groups (broad SMARTS) is 1. The predicted molar refractivity (Wildman–Crippen MR) is 90.6 cm³/mol. The zero-order chi connectivity index (χ0) is 17.7. The highest BCUT2D eigenvalue weighted by molar-refractivity contribution is 5.98. The van der Waals surface area contributed by atoms with Crippen molar-refractivity contribution in [1.82, 2.24) is 4.90 Å². The molecule has 6 nitrogen and oxygen atoms in total. The second-order valence-corrected chi connectivity index (χ2v) is 6.30. The summed E-state index contributed by atoms with van der Waals surface area (Å²) >= 11 is 0. The van der Waals surface area contributed by atoms with Crippen LogP contribution in [0.15, 0.2) is 24.3 Å². The number of anilines is 1. The van der Waals surface area contributed by atoms with E-state index in [1.54, 1.807) is 29.2 Å². The Hall–Kier alpha value is -2.37. The molecule has 2 atom stereocenters. The number of nitrogens with zero attached hydrogens (tertiary/aromatic N) is 1. The zero-order valence-electron chi connectivity index (χ0n) is 14.1. The van der Waals surface area contributed by atoms with Crippen LogP contribution in [0.4, 0.5) is 5.69 Å². The van der Waals surface area contributed by atoms with Gasteiger partial charge in [-0.3, -0.25) is 14.4 Å². The van der Waals surface area contributed by atoms with Crippen LogP contribution in [0, 0.1) is 5.92 Å². The first-order chi connectivity index (χ1) is 11.4. The fraction of sp³-hybridized carbons (Fsp3) is 0.500. The summed E-state index contributed by atoms with van der Waals surface area (Å²) in [6, 6.07) is 6.99. The number of hydrogen-bond acceptors (Lipinski definition) is 3. The van der Waals surface area contributed by atoms with Crippen molar-refractivity contribution in [3.8, 4) is 0 Å². The lowest BCUT2D eigenvalue weighted by Crippen LogP contribution is -2.35. The second kappa shape index (κ2) is 7.95. The number of aliphatic carboxylic acids is 1. The van der Waals surface area contributed by atoms with Crippen LogP contribution < -0.4 is 5.32 Å². The van der Waals surface area contributed by atoms with Gasteiger partial charge in [-0.05, 0) is 25.0 Å². The van der Waals surface area contributed by atoms with Crippen LogP contribution in [0.3, 0.4) is 0 Å². The Balaban J connectivity index is 2.04. The molecule has 1 heterocycles. The molecule has 1 aliphatic heterocycles. The van der Waals surface area contributed by atoms with Gasteiger partial charge in [0, 0.05) is 24.7 Å². The van der Waals surface area contributed by atoms with Gasteiger partial charge in [0.2, 0.25) is 11.8 Å². The minimum Gasteiger partial charge on any atom is -0.481 e. The second-order valence-electron chi connectivity index (χ2n) is 6.30. The number of likely N-dealkylation sites (tertiary alicyclic amines) is 1. The fourth-order valence-electron chi connectivity index (χ4n) is 3.10. The van der Waals surface area contributed by atoms with E-state index in [9.17, 15) is 14.4 Å². The van der Waals surface area contributed by atoms with Gasteiger partial charge < -0.3 is 15.3 Å². The summed E-state index contributed by atoms with van der Waals surface area (Å²) in [4.78, 5) is 37.3. The summed E-state index contributed by atoms with van der Waals surface area (Å²) in [5.41, 5.74) is 1.05. The fourth-order valence-corrected chi connectivity index (χ4v) is 3.10. The van der Waals surface area contributed by atoms with Gasteiger partial charge in [-0.2, -0.15) is 0 Å². The summed E-state index contributed by atoms with van der Waals surface area (Å²) in [6.45, 7) is 4.50. The number of carbonyl (C=O) groups is 3. The SMILES string of the molecule is CCCC(C)N1CC(C(=O)Nc2ccccc2CC(=O)O)CC1=O. The average molecular weight is 332 g/mol. The third-order valence-electron chi connectivity index (χ3n) is 4.38. The molecule has 0 aromatic heterocycles. The van der Waals surface area contributed by atoms with E-state index in [4.69, 9.17) is 5.11 Å². The first-order valence-corrected chi connectivity index (χ1v) is 8.32. The van der Waals surface area contributed by atoms with E-state index in [0.717, 1.165) is 12.8 Å². The highest BCUT2D eigenvalue weighted by atomic mass is 16.4. The van der Waals surface area contributed by atoms with Crippen LogP contribution in [0.1, 0.15) is 38.7 Å². The molecule has 2 amide bonds. The summed E-state index contributed by atoms with van der Waals surface area (Å²) in [7, 11) is 0. The van der Waals surface area contributed by atoms with E-state index in [1.165, 1.54) is 0 Å². The smallest absolute Gasteiger partial charge is 0.307 e. The van der Waals surface area contributed by atoms with Gasteiger partial charge in [-0.15, -0.1) is 0 Å². The molecule has 2 rings (SSSR count). The third-order valence-corrected chi connectivity index (χ3v) is 4.38. The van der Waals surface area contributed by atoms with Crippen molar-refractivity contribution in [2.75, 3.05) is 11.9 Å². The Morgan fingerprint density at radius 2 is 2.08 bits per heavy atom. The molecule has 1 aromatic carbocycles. The van der Waals surface area contributed by atoms with E-state index >= 15 is 0 Å². The third kappa shape index (κ3) is 4.34. The van der Waals surface area contributed by atoms with Crippen LogP contribution in [0.25, 0.3) is 0 Å². The Bertz CT molecular complexity index is 629. The number of carbonyl (C=O) groups excluding carboxylic acids is 2. The lowest BCUT2D eigenvalue weighted by atomic mass is 10.1. The van der Waals surface area contributed by atoms with Crippen molar-refractivity contribution in [3.63, 3.8) is 0 Å². The van der Waals surface area contributed by atoms with Gasteiger partial charge >= 0.3 is 5.97 Å². The van der Waals surface area contributed by atoms with Crippen LogP contribution in [0.2, 0.25) is 0 Å². The standard InChI is InChI=1S/C18H24N2O4/c1-3-6-12(2)20-11-14(9-16(20)21)18(24)19-15-8-5-4-7-13(15)10-17(22)23/h4-5,7-8,12,14H,3,6,9-11H2,1-2H3,(H,19,24)(H,22,23). The maximum absolute atomic E-state index is 12.5. The van der Waals surface area contributed by atoms with Crippen LogP contribution in [0.5, 0.6) is 0 Å². The average Bonchev–Trinajstić information content (AvgIpc) is 2.91. The quantitative estimate of drug-likeness (QED) is 0.802. The number of benzene rings is 1. The Kier molecular flexibility index (Phi) is 5.95. The van der Waals surface area contributed by atoms with Crippen molar-refractivity contribution in [2.24, 2.45) is 5.92 Å². The number of nitrogens with one attached hydrogen (secondary N) is 1. The molecule has 130 valence electrons. The summed E-state index contributed by atoms with van der Waals surface area (Å²) in [5, 5.41) is 11.7. The van der Waals surface area contributed by atoms with Crippen LogP contribution >= 0.6 is 0 Å². The van der Waals surface area contributed by atoms with Gasteiger partial charge in [0.15, 0.2) is 0 Å². The Labute approximate surface area is 141 Å². The lowest BCUT2D eigenvalue weighted by molar-refractivity contribution is -0.136. The minimum atomic E-state index is -0.952. The molecule has 2 unspecified atom stereocenters. The highest BCUT2D eigenvalue weighted by Crippen LogP contribution is 2.24. The highest BCUT2D eigenvalue weighted by Gasteiger charge is 2.36. The summed E-state index contributed by atoms with van der Waals surface area (Å²) in [5.74, 6) is -1.57. The van der Waals surface area contributed by atoms with Crippen molar-refractivity contribution < 1.29 is 19.5 Å². The number of para-hydroxylation sites is 1. The van der Waals surface area contributed by atoms with Gasteiger partial charge in [0.1, 0.15) is 0 Å². The molecule has 0 bridgehead atoms. The molecule has 24 heavy (non-hydrogen) atoms. The van der Waals surface area contributed by atoms with Crippen LogP contribution in [-0.2, 0) is 20.8 Å². The monoisotopic (exact) mass is 332 g/mol. The number of hydrogen-bond donors (Lipinski definition) is 2. The van der Waals surface area contributed by atoms with Gasteiger partial charge in [-0.25, -0.2) is 0 Å². The molecule has 0 saturated carbocycles. The van der Waals surface area contributed by atoms with E-state index in [-0.39, 0.29) is 30.7 Å². The maximum atomic E-state index is 12.5. The first kappa shape index (κ1) is 18.0. The maximum Gasteiger partial charge on any atom is 0.307 e. The lowest BCUT2D eigenvalue weighted by Gasteiger charge is -2.24. The van der Waals surface area contributed by atoms with E-state index in [1.807, 2.05) is 6.92 Å². The Morgan fingerprint density at radius 1 is 1.38 bits per heavy atom.